The standard InChI is InChI=1S/C26H31NO2.ClH/c1-20-9-12-23(13-10-20)19-29-25-16-15-24(17-26(25)28-3)18-27-21(2)11-14-22-7-5-4-6-8-22;/h4-10,12-13,15-17,21,27H,11,14,18-19H2,1-3H3;1H. The maximum atomic E-state index is 5.98. The van der Waals surface area contributed by atoms with E-state index in [9.17, 15) is 0 Å². The molecule has 1 atom stereocenters. The van der Waals surface area contributed by atoms with Crippen LogP contribution in [0.1, 0.15) is 35.6 Å². The van der Waals surface area contributed by atoms with Crippen LogP contribution in [0.2, 0.25) is 0 Å². The fourth-order valence-corrected chi connectivity index (χ4v) is 3.21. The third-order valence-electron chi connectivity index (χ3n) is 5.11. The highest BCUT2D eigenvalue weighted by Crippen LogP contribution is 2.29. The Morgan fingerprint density at radius 3 is 2.23 bits per heavy atom. The van der Waals surface area contributed by atoms with E-state index in [-0.39, 0.29) is 12.4 Å². The molecule has 0 aromatic heterocycles. The number of benzene rings is 3. The molecule has 30 heavy (non-hydrogen) atoms. The molecule has 0 fully saturated rings. The topological polar surface area (TPSA) is 30.5 Å². The Balaban J connectivity index is 0.00000320. The van der Waals surface area contributed by atoms with Crippen molar-refractivity contribution >= 4 is 12.4 Å². The van der Waals surface area contributed by atoms with Crippen molar-refractivity contribution in [3.05, 3.63) is 95.1 Å². The Bertz CT molecular complexity index is 881. The lowest BCUT2D eigenvalue weighted by molar-refractivity contribution is 0.284. The van der Waals surface area contributed by atoms with Gasteiger partial charge in [-0.25, -0.2) is 0 Å². The molecule has 0 aliphatic heterocycles. The van der Waals surface area contributed by atoms with Crippen LogP contribution >= 0.6 is 12.4 Å². The highest BCUT2D eigenvalue weighted by atomic mass is 35.5. The van der Waals surface area contributed by atoms with E-state index in [2.05, 4.69) is 85.9 Å². The largest absolute Gasteiger partial charge is 0.493 e. The zero-order valence-electron chi connectivity index (χ0n) is 18.1. The van der Waals surface area contributed by atoms with Crippen LogP contribution in [0.4, 0.5) is 0 Å². The van der Waals surface area contributed by atoms with Gasteiger partial charge in [-0.15, -0.1) is 12.4 Å². The molecule has 0 heterocycles. The molecule has 4 heteroatoms. The van der Waals surface area contributed by atoms with E-state index in [1.54, 1.807) is 7.11 Å². The van der Waals surface area contributed by atoms with Crippen molar-refractivity contribution in [2.75, 3.05) is 7.11 Å². The molecule has 3 aromatic carbocycles. The third kappa shape index (κ3) is 7.40. The van der Waals surface area contributed by atoms with E-state index < -0.39 is 0 Å². The minimum atomic E-state index is 0. The summed E-state index contributed by atoms with van der Waals surface area (Å²) >= 11 is 0. The van der Waals surface area contributed by atoms with Crippen molar-refractivity contribution in [3.63, 3.8) is 0 Å². The van der Waals surface area contributed by atoms with Gasteiger partial charge < -0.3 is 14.8 Å². The number of hydrogen-bond donors (Lipinski definition) is 1. The van der Waals surface area contributed by atoms with E-state index in [1.807, 2.05) is 6.07 Å². The zero-order chi connectivity index (χ0) is 20.5. The molecule has 0 saturated carbocycles. The van der Waals surface area contributed by atoms with Crippen LogP contribution in [0.5, 0.6) is 11.5 Å². The minimum Gasteiger partial charge on any atom is -0.493 e. The monoisotopic (exact) mass is 425 g/mol. The number of aryl methyl sites for hydroxylation is 2. The third-order valence-corrected chi connectivity index (χ3v) is 5.11. The van der Waals surface area contributed by atoms with Gasteiger partial charge in [0.15, 0.2) is 11.5 Å². The van der Waals surface area contributed by atoms with Crippen LogP contribution in [0, 0.1) is 6.92 Å². The van der Waals surface area contributed by atoms with E-state index >= 15 is 0 Å². The van der Waals surface area contributed by atoms with Crippen LogP contribution in [0.3, 0.4) is 0 Å². The fourth-order valence-electron chi connectivity index (χ4n) is 3.21. The molecular weight excluding hydrogens is 394 g/mol. The molecule has 1 unspecified atom stereocenters. The van der Waals surface area contributed by atoms with Crippen molar-refractivity contribution in [1.29, 1.82) is 0 Å². The molecule has 0 aliphatic carbocycles. The van der Waals surface area contributed by atoms with Gasteiger partial charge in [0, 0.05) is 12.6 Å². The Hall–Kier alpha value is -2.49. The number of rotatable bonds is 10. The molecule has 1 N–H and O–H groups in total. The molecule has 0 radical (unpaired) electrons. The number of hydrogen-bond acceptors (Lipinski definition) is 3. The predicted octanol–water partition coefficient (Wildman–Crippen LogP) is 6.12. The maximum Gasteiger partial charge on any atom is 0.161 e. The first-order valence-corrected chi connectivity index (χ1v) is 10.3. The summed E-state index contributed by atoms with van der Waals surface area (Å²) < 4.78 is 11.5. The summed E-state index contributed by atoms with van der Waals surface area (Å²) in [6.07, 6.45) is 2.20. The van der Waals surface area contributed by atoms with Crippen LogP contribution < -0.4 is 14.8 Å². The SMILES string of the molecule is COc1cc(CNC(C)CCc2ccccc2)ccc1OCc1ccc(C)cc1.Cl. The highest BCUT2D eigenvalue weighted by Gasteiger charge is 2.08. The molecule has 0 aliphatic rings. The van der Waals surface area contributed by atoms with Gasteiger partial charge in [0.25, 0.3) is 0 Å². The molecular formula is C26H32ClNO2. The van der Waals surface area contributed by atoms with E-state index in [0.29, 0.717) is 12.6 Å². The first kappa shape index (κ1) is 23.8. The molecule has 160 valence electrons. The normalized spacial score (nSPS) is 11.4. The van der Waals surface area contributed by atoms with Gasteiger partial charge in [-0.05, 0) is 55.5 Å². The summed E-state index contributed by atoms with van der Waals surface area (Å²) in [5.74, 6) is 1.54. The van der Waals surface area contributed by atoms with Gasteiger partial charge in [-0.1, -0.05) is 66.2 Å². The number of halogens is 1. The first-order valence-electron chi connectivity index (χ1n) is 10.3. The second kappa shape index (κ2) is 12.3. The minimum absolute atomic E-state index is 0. The van der Waals surface area contributed by atoms with Gasteiger partial charge in [0.1, 0.15) is 6.61 Å². The first-order chi connectivity index (χ1) is 14.1. The Labute approximate surface area is 186 Å². The van der Waals surface area contributed by atoms with Crippen molar-refractivity contribution in [1.82, 2.24) is 5.32 Å². The summed E-state index contributed by atoms with van der Waals surface area (Å²) in [5, 5.41) is 3.61. The molecule has 0 spiro atoms. The quantitative estimate of drug-likeness (QED) is 0.424. The number of methoxy groups -OCH3 is 1. The van der Waals surface area contributed by atoms with E-state index in [0.717, 1.165) is 36.4 Å². The lowest BCUT2D eigenvalue weighted by atomic mass is 10.1. The summed E-state index contributed by atoms with van der Waals surface area (Å²) in [4.78, 5) is 0. The van der Waals surface area contributed by atoms with E-state index in [4.69, 9.17) is 9.47 Å². The average Bonchev–Trinajstić information content (AvgIpc) is 2.76. The Kier molecular flexibility index (Phi) is 9.72. The average molecular weight is 426 g/mol. The van der Waals surface area contributed by atoms with Gasteiger partial charge >= 0.3 is 0 Å². The van der Waals surface area contributed by atoms with Gasteiger partial charge in [-0.2, -0.15) is 0 Å². The summed E-state index contributed by atoms with van der Waals surface area (Å²) in [7, 11) is 1.69. The Morgan fingerprint density at radius 2 is 1.53 bits per heavy atom. The summed E-state index contributed by atoms with van der Waals surface area (Å²) in [5.41, 5.74) is 4.98. The number of ether oxygens (including phenoxy) is 2. The van der Waals surface area contributed by atoms with Crippen molar-refractivity contribution < 1.29 is 9.47 Å². The molecule has 0 amide bonds. The van der Waals surface area contributed by atoms with Crippen LogP contribution in [0.15, 0.2) is 72.8 Å². The second-order valence-electron chi connectivity index (χ2n) is 7.57. The van der Waals surface area contributed by atoms with Gasteiger partial charge in [-0.3, -0.25) is 0 Å². The number of nitrogens with one attached hydrogen (secondary N) is 1. The maximum absolute atomic E-state index is 5.98. The van der Waals surface area contributed by atoms with Gasteiger partial charge in [0.05, 0.1) is 7.11 Å². The highest BCUT2D eigenvalue weighted by molar-refractivity contribution is 5.85. The lowest BCUT2D eigenvalue weighted by Crippen LogP contribution is -2.26. The molecule has 0 saturated heterocycles. The molecule has 3 rings (SSSR count). The zero-order valence-corrected chi connectivity index (χ0v) is 18.9. The predicted molar refractivity (Wildman–Crippen MR) is 127 cm³/mol. The fraction of sp³-hybridized carbons (Fsp3) is 0.308. The van der Waals surface area contributed by atoms with Crippen LogP contribution in [0.25, 0.3) is 0 Å². The van der Waals surface area contributed by atoms with Crippen molar-refractivity contribution in [3.8, 4) is 11.5 Å². The lowest BCUT2D eigenvalue weighted by Gasteiger charge is -2.16. The van der Waals surface area contributed by atoms with Crippen molar-refractivity contribution in [2.24, 2.45) is 0 Å². The van der Waals surface area contributed by atoms with Gasteiger partial charge in [0.2, 0.25) is 0 Å². The van der Waals surface area contributed by atoms with Crippen LogP contribution in [-0.2, 0) is 19.6 Å². The van der Waals surface area contributed by atoms with Crippen molar-refractivity contribution in [2.45, 2.75) is 45.9 Å². The molecule has 3 aromatic rings. The van der Waals surface area contributed by atoms with E-state index in [1.165, 1.54) is 16.7 Å². The van der Waals surface area contributed by atoms with Crippen LogP contribution in [-0.4, -0.2) is 13.2 Å². The smallest absolute Gasteiger partial charge is 0.161 e. The molecule has 3 nitrogen and oxygen atoms in total. The Morgan fingerprint density at radius 1 is 0.833 bits per heavy atom. The second-order valence-corrected chi connectivity index (χ2v) is 7.57. The summed E-state index contributed by atoms with van der Waals surface area (Å²) in [6, 6.07) is 25.6. The molecule has 0 bridgehead atoms. The summed E-state index contributed by atoms with van der Waals surface area (Å²) in [6.45, 7) is 5.66.